The number of hydrogen-bond acceptors (Lipinski definition) is 8. The molecule has 9 nitrogen and oxygen atoms in total. The number of rotatable bonds is 5. The molecule has 1 unspecified atom stereocenters. The maximum Gasteiger partial charge on any atom is 0.252 e. The summed E-state index contributed by atoms with van der Waals surface area (Å²) in [4.78, 5) is 21.0. The summed E-state index contributed by atoms with van der Waals surface area (Å²) in [5, 5.41) is 7.38. The first-order valence-corrected chi connectivity index (χ1v) is 10.2. The molecule has 0 spiro atoms. The molecule has 3 heterocycles. The summed E-state index contributed by atoms with van der Waals surface area (Å²) in [5.41, 5.74) is 2.56. The lowest BCUT2D eigenvalue weighted by molar-refractivity contribution is -0.113. The Morgan fingerprint density at radius 2 is 1.77 bits per heavy atom. The molecule has 0 bridgehead atoms. The Bertz CT molecular complexity index is 1060. The number of benzene rings is 1. The van der Waals surface area contributed by atoms with Crippen molar-refractivity contribution in [1.82, 2.24) is 19.7 Å². The standard InChI is InChI=1S/C20H21N5O4S/c1-11-16-18(12-8-13(27-2)17(29-4)14(9-12)28-3)30-10-15(26)23-19(16)25(24-11)20-21-6-5-7-22-20/h5-9,18H,10H2,1-4H3,(H,23,26). The molecule has 0 saturated heterocycles. The summed E-state index contributed by atoms with van der Waals surface area (Å²) >= 11 is 1.50. The number of carbonyl (C=O) groups is 1. The average molecular weight is 427 g/mol. The molecule has 0 radical (unpaired) electrons. The van der Waals surface area contributed by atoms with Crippen molar-refractivity contribution in [2.75, 3.05) is 32.4 Å². The first-order chi connectivity index (χ1) is 14.6. The van der Waals surface area contributed by atoms with Crippen molar-refractivity contribution in [2.24, 2.45) is 0 Å². The lowest BCUT2D eigenvalue weighted by atomic mass is 10.0. The second-order valence-electron chi connectivity index (χ2n) is 6.51. The van der Waals surface area contributed by atoms with Crippen LogP contribution in [0, 0.1) is 6.92 Å². The van der Waals surface area contributed by atoms with Crippen molar-refractivity contribution in [3.63, 3.8) is 0 Å². The highest BCUT2D eigenvalue weighted by molar-refractivity contribution is 8.00. The van der Waals surface area contributed by atoms with Gasteiger partial charge in [0.2, 0.25) is 11.7 Å². The summed E-state index contributed by atoms with van der Waals surface area (Å²) < 4.78 is 18.0. The van der Waals surface area contributed by atoms with Crippen LogP contribution in [0.4, 0.5) is 5.82 Å². The van der Waals surface area contributed by atoms with Crippen LogP contribution in [-0.2, 0) is 4.79 Å². The monoisotopic (exact) mass is 427 g/mol. The van der Waals surface area contributed by atoms with Crippen LogP contribution in [0.25, 0.3) is 5.95 Å². The molecule has 1 N–H and O–H groups in total. The number of anilines is 1. The summed E-state index contributed by atoms with van der Waals surface area (Å²) in [6.07, 6.45) is 3.27. The number of fused-ring (bicyclic) bond motifs is 1. The Balaban J connectivity index is 1.90. The van der Waals surface area contributed by atoms with E-state index < -0.39 is 0 Å². The second kappa shape index (κ2) is 8.23. The summed E-state index contributed by atoms with van der Waals surface area (Å²) in [6, 6.07) is 5.52. The fourth-order valence-electron chi connectivity index (χ4n) is 3.44. The molecule has 1 aromatic carbocycles. The second-order valence-corrected chi connectivity index (χ2v) is 7.60. The van der Waals surface area contributed by atoms with E-state index in [1.165, 1.54) is 11.8 Å². The Morgan fingerprint density at radius 1 is 1.10 bits per heavy atom. The third-order valence-corrected chi connectivity index (χ3v) is 6.01. The van der Waals surface area contributed by atoms with Crippen molar-refractivity contribution in [3.05, 3.63) is 47.4 Å². The number of amides is 1. The van der Waals surface area contributed by atoms with E-state index in [0.717, 1.165) is 16.8 Å². The molecule has 156 valence electrons. The summed E-state index contributed by atoms with van der Waals surface area (Å²) in [7, 11) is 4.72. The number of thioether (sulfide) groups is 1. The highest BCUT2D eigenvalue weighted by Gasteiger charge is 2.32. The largest absolute Gasteiger partial charge is 0.493 e. The van der Waals surface area contributed by atoms with Crippen LogP contribution < -0.4 is 19.5 Å². The van der Waals surface area contributed by atoms with Gasteiger partial charge in [0.1, 0.15) is 5.82 Å². The van der Waals surface area contributed by atoms with Gasteiger partial charge in [0.25, 0.3) is 5.95 Å². The van der Waals surface area contributed by atoms with Crippen molar-refractivity contribution in [2.45, 2.75) is 12.2 Å². The highest BCUT2D eigenvalue weighted by Crippen LogP contribution is 2.48. The lowest BCUT2D eigenvalue weighted by Gasteiger charge is -2.19. The predicted molar refractivity (Wildman–Crippen MR) is 113 cm³/mol. The maximum atomic E-state index is 12.5. The number of aryl methyl sites for hydroxylation is 1. The van der Waals surface area contributed by atoms with Crippen LogP contribution in [0.5, 0.6) is 17.2 Å². The van der Waals surface area contributed by atoms with Gasteiger partial charge in [0.05, 0.1) is 38.0 Å². The normalized spacial score (nSPS) is 15.7. The maximum absolute atomic E-state index is 12.5. The van der Waals surface area contributed by atoms with E-state index in [2.05, 4.69) is 20.4 Å². The molecule has 0 aliphatic carbocycles. The van der Waals surface area contributed by atoms with Gasteiger partial charge in [-0.15, -0.1) is 11.8 Å². The van der Waals surface area contributed by atoms with Gasteiger partial charge in [-0.25, -0.2) is 9.97 Å². The minimum Gasteiger partial charge on any atom is -0.493 e. The minimum absolute atomic E-state index is 0.117. The van der Waals surface area contributed by atoms with Crippen molar-refractivity contribution in [3.8, 4) is 23.2 Å². The van der Waals surface area contributed by atoms with E-state index in [4.69, 9.17) is 14.2 Å². The van der Waals surface area contributed by atoms with E-state index in [1.807, 2.05) is 19.1 Å². The molecule has 4 rings (SSSR count). The van der Waals surface area contributed by atoms with E-state index in [-0.39, 0.29) is 16.9 Å². The average Bonchev–Trinajstić information content (AvgIpc) is 2.98. The van der Waals surface area contributed by atoms with Crippen molar-refractivity contribution in [1.29, 1.82) is 0 Å². The van der Waals surface area contributed by atoms with Crippen LogP contribution in [-0.4, -0.2) is 52.7 Å². The minimum atomic E-state index is -0.190. The van der Waals surface area contributed by atoms with Crippen molar-refractivity contribution >= 4 is 23.5 Å². The molecular weight excluding hydrogens is 406 g/mol. The molecule has 0 saturated carbocycles. The molecule has 1 aliphatic rings. The van der Waals surface area contributed by atoms with Crippen LogP contribution >= 0.6 is 11.8 Å². The van der Waals surface area contributed by atoms with E-state index in [9.17, 15) is 4.79 Å². The Kier molecular flexibility index (Phi) is 5.49. The topological polar surface area (TPSA) is 100 Å². The lowest BCUT2D eigenvalue weighted by Crippen LogP contribution is -2.16. The van der Waals surface area contributed by atoms with Gasteiger partial charge in [-0.1, -0.05) is 0 Å². The Hall–Kier alpha value is -3.27. The first-order valence-electron chi connectivity index (χ1n) is 9.15. The van der Waals surface area contributed by atoms with Gasteiger partial charge in [0.15, 0.2) is 11.5 Å². The van der Waals surface area contributed by atoms with Gasteiger partial charge < -0.3 is 19.5 Å². The number of hydrogen-bond donors (Lipinski definition) is 1. The molecule has 2 aromatic heterocycles. The zero-order valence-electron chi connectivity index (χ0n) is 17.0. The van der Waals surface area contributed by atoms with Gasteiger partial charge in [0, 0.05) is 18.0 Å². The number of aromatic nitrogens is 4. The predicted octanol–water partition coefficient (Wildman–Crippen LogP) is 2.77. The molecule has 30 heavy (non-hydrogen) atoms. The van der Waals surface area contributed by atoms with E-state index >= 15 is 0 Å². The number of methoxy groups -OCH3 is 3. The van der Waals surface area contributed by atoms with Crippen LogP contribution in [0.1, 0.15) is 22.1 Å². The fourth-order valence-corrected chi connectivity index (χ4v) is 4.61. The number of nitrogens with zero attached hydrogens (tertiary/aromatic N) is 4. The Morgan fingerprint density at radius 3 is 2.37 bits per heavy atom. The molecule has 1 atom stereocenters. The molecule has 0 fully saturated rings. The van der Waals surface area contributed by atoms with Gasteiger partial charge in [-0.2, -0.15) is 9.78 Å². The molecule has 1 aliphatic heterocycles. The smallest absolute Gasteiger partial charge is 0.252 e. The van der Waals surface area contributed by atoms with E-state index in [0.29, 0.717) is 29.0 Å². The number of ether oxygens (including phenoxy) is 3. The molecular formula is C20H21N5O4S. The highest BCUT2D eigenvalue weighted by atomic mass is 32.2. The Labute approximate surface area is 177 Å². The summed E-state index contributed by atoms with van der Waals surface area (Å²) in [5.74, 6) is 2.73. The quantitative estimate of drug-likeness (QED) is 0.663. The van der Waals surface area contributed by atoms with Crippen molar-refractivity contribution < 1.29 is 19.0 Å². The fraction of sp³-hybridized carbons (Fsp3) is 0.300. The number of nitrogens with one attached hydrogen (secondary N) is 1. The summed E-state index contributed by atoms with van der Waals surface area (Å²) in [6.45, 7) is 1.90. The van der Waals surface area contributed by atoms with Crippen LogP contribution in [0.15, 0.2) is 30.6 Å². The SMILES string of the molecule is COc1cc(C2SCC(=O)Nc3c2c(C)nn3-c2ncccn2)cc(OC)c1OC. The number of carbonyl (C=O) groups excluding carboxylic acids is 1. The zero-order valence-corrected chi connectivity index (χ0v) is 17.8. The van der Waals surface area contributed by atoms with Crippen LogP contribution in [0.2, 0.25) is 0 Å². The molecule has 10 heteroatoms. The first kappa shape index (κ1) is 20.0. The van der Waals surface area contributed by atoms with E-state index in [1.54, 1.807) is 44.5 Å². The molecule has 1 amide bonds. The molecule has 3 aromatic rings. The van der Waals surface area contributed by atoms with Gasteiger partial charge >= 0.3 is 0 Å². The van der Waals surface area contributed by atoms with Gasteiger partial charge in [-0.3, -0.25) is 4.79 Å². The van der Waals surface area contributed by atoms with Gasteiger partial charge in [-0.05, 0) is 30.7 Å². The third kappa shape index (κ3) is 3.43. The zero-order chi connectivity index (χ0) is 21.3. The van der Waals surface area contributed by atoms with Crippen LogP contribution in [0.3, 0.4) is 0 Å². The third-order valence-electron chi connectivity index (χ3n) is 4.74.